The summed E-state index contributed by atoms with van der Waals surface area (Å²) >= 11 is 0. The molecule has 1 fully saturated rings. The Morgan fingerprint density at radius 3 is 2.64 bits per heavy atom. The Morgan fingerprint density at radius 1 is 1.00 bits per heavy atom. The molecule has 0 radical (unpaired) electrons. The van der Waals surface area contributed by atoms with Crippen LogP contribution in [0.2, 0.25) is 0 Å². The quantitative estimate of drug-likeness (QED) is 0.520. The van der Waals surface area contributed by atoms with Gasteiger partial charge in [-0.25, -0.2) is 9.97 Å². The van der Waals surface area contributed by atoms with Crippen LogP contribution in [0.15, 0.2) is 70.1 Å². The first kappa shape index (κ1) is 16.8. The molecule has 4 heterocycles. The van der Waals surface area contributed by atoms with Crippen molar-refractivity contribution in [2.75, 3.05) is 6.54 Å². The first-order valence-electron chi connectivity index (χ1n) is 9.35. The number of hydrogen-bond acceptors (Lipinski definition) is 7. The summed E-state index contributed by atoms with van der Waals surface area (Å²) in [5.41, 5.74) is 2.01. The minimum Gasteiger partial charge on any atom is -0.461 e. The zero-order valence-electron chi connectivity index (χ0n) is 15.2. The van der Waals surface area contributed by atoms with Gasteiger partial charge in [-0.3, -0.25) is 4.90 Å². The molecule has 5 rings (SSSR count). The summed E-state index contributed by atoms with van der Waals surface area (Å²) < 4.78 is 10.9. The SMILES string of the molecule is c1ccc(-c2noc([C@@H]3CCCN3Cc3cnc(-c4ccco4)nc3)n2)cc1. The number of nitrogens with zero attached hydrogens (tertiary/aromatic N) is 5. The van der Waals surface area contributed by atoms with Crippen LogP contribution >= 0.6 is 0 Å². The minimum atomic E-state index is 0.120. The fourth-order valence-electron chi connectivity index (χ4n) is 3.57. The molecule has 0 amide bonds. The largest absolute Gasteiger partial charge is 0.461 e. The van der Waals surface area contributed by atoms with Gasteiger partial charge in [0.2, 0.25) is 11.7 Å². The van der Waals surface area contributed by atoms with E-state index in [2.05, 4.69) is 25.0 Å². The molecular formula is C21H19N5O2. The summed E-state index contributed by atoms with van der Waals surface area (Å²) in [5.74, 6) is 2.57. The maximum Gasteiger partial charge on any atom is 0.244 e. The van der Waals surface area contributed by atoms with Crippen molar-refractivity contribution in [2.45, 2.75) is 25.4 Å². The maximum absolute atomic E-state index is 5.59. The minimum absolute atomic E-state index is 0.120. The van der Waals surface area contributed by atoms with E-state index in [1.807, 2.05) is 54.9 Å². The summed E-state index contributed by atoms with van der Waals surface area (Å²) in [4.78, 5) is 15.8. The van der Waals surface area contributed by atoms with Crippen LogP contribution in [0.4, 0.5) is 0 Å². The van der Waals surface area contributed by atoms with Crippen molar-refractivity contribution in [3.05, 3.63) is 72.6 Å². The second kappa shape index (κ2) is 7.36. The molecule has 7 nitrogen and oxygen atoms in total. The van der Waals surface area contributed by atoms with Gasteiger partial charge < -0.3 is 8.94 Å². The molecule has 1 saturated heterocycles. The molecule has 0 N–H and O–H groups in total. The number of benzene rings is 1. The molecule has 7 heteroatoms. The number of hydrogen-bond donors (Lipinski definition) is 0. The molecule has 1 aliphatic heterocycles. The fourth-order valence-corrected chi connectivity index (χ4v) is 3.57. The van der Waals surface area contributed by atoms with Crippen LogP contribution in [-0.4, -0.2) is 31.6 Å². The van der Waals surface area contributed by atoms with Gasteiger partial charge in [0.15, 0.2) is 11.6 Å². The van der Waals surface area contributed by atoms with E-state index in [0.717, 1.165) is 37.1 Å². The predicted molar refractivity (Wildman–Crippen MR) is 102 cm³/mol. The third-order valence-corrected chi connectivity index (χ3v) is 4.95. The molecule has 1 aromatic carbocycles. The van der Waals surface area contributed by atoms with E-state index >= 15 is 0 Å². The van der Waals surface area contributed by atoms with Crippen LogP contribution in [0, 0.1) is 0 Å². The van der Waals surface area contributed by atoms with E-state index in [4.69, 9.17) is 8.94 Å². The van der Waals surface area contributed by atoms with Gasteiger partial charge in [-0.15, -0.1) is 0 Å². The Morgan fingerprint density at radius 2 is 1.86 bits per heavy atom. The van der Waals surface area contributed by atoms with Gasteiger partial charge in [0.25, 0.3) is 0 Å². The molecule has 0 saturated carbocycles. The molecule has 1 aliphatic rings. The number of furan rings is 1. The summed E-state index contributed by atoms with van der Waals surface area (Å²) in [7, 11) is 0. The molecule has 28 heavy (non-hydrogen) atoms. The lowest BCUT2D eigenvalue weighted by atomic mass is 10.2. The highest BCUT2D eigenvalue weighted by molar-refractivity contribution is 5.53. The molecule has 1 atom stereocenters. The lowest BCUT2D eigenvalue weighted by molar-refractivity contribution is 0.201. The highest BCUT2D eigenvalue weighted by Gasteiger charge is 2.31. The summed E-state index contributed by atoms with van der Waals surface area (Å²) in [6.45, 7) is 1.72. The zero-order valence-corrected chi connectivity index (χ0v) is 15.2. The molecule has 0 unspecified atom stereocenters. The molecule has 0 spiro atoms. The third kappa shape index (κ3) is 3.32. The Labute approximate surface area is 162 Å². The van der Waals surface area contributed by atoms with E-state index in [1.54, 1.807) is 6.26 Å². The molecule has 0 bridgehead atoms. The van der Waals surface area contributed by atoms with Crippen molar-refractivity contribution in [2.24, 2.45) is 0 Å². The summed E-state index contributed by atoms with van der Waals surface area (Å²) in [6, 6.07) is 13.7. The van der Waals surface area contributed by atoms with Crippen LogP contribution in [0.5, 0.6) is 0 Å². The van der Waals surface area contributed by atoms with Gasteiger partial charge in [-0.2, -0.15) is 4.98 Å². The lowest BCUT2D eigenvalue weighted by Crippen LogP contribution is -2.23. The van der Waals surface area contributed by atoms with Gasteiger partial charge in [-0.05, 0) is 31.5 Å². The number of likely N-dealkylation sites (tertiary alicyclic amines) is 1. The molecule has 0 aliphatic carbocycles. The summed E-state index contributed by atoms with van der Waals surface area (Å²) in [6.07, 6.45) is 7.42. The lowest BCUT2D eigenvalue weighted by Gasteiger charge is -2.21. The van der Waals surface area contributed by atoms with E-state index in [0.29, 0.717) is 23.3 Å². The topological polar surface area (TPSA) is 81.1 Å². The monoisotopic (exact) mass is 373 g/mol. The van der Waals surface area contributed by atoms with E-state index < -0.39 is 0 Å². The van der Waals surface area contributed by atoms with Crippen LogP contribution in [0.25, 0.3) is 23.0 Å². The van der Waals surface area contributed by atoms with Crippen molar-refractivity contribution >= 4 is 0 Å². The van der Waals surface area contributed by atoms with E-state index in [-0.39, 0.29) is 6.04 Å². The Kier molecular flexibility index (Phi) is 4.42. The molecule has 4 aromatic rings. The van der Waals surface area contributed by atoms with E-state index in [9.17, 15) is 0 Å². The van der Waals surface area contributed by atoms with Crippen molar-refractivity contribution in [3.8, 4) is 23.0 Å². The smallest absolute Gasteiger partial charge is 0.244 e. The normalized spacial score (nSPS) is 17.2. The standard InChI is InChI=1S/C21H19N5O2/c1-2-6-16(7-3-1)19-24-21(28-25-19)17-8-4-10-26(17)14-15-12-22-20(23-13-15)18-9-5-11-27-18/h1-3,5-7,9,11-13,17H,4,8,10,14H2/t17-/m0/s1. The predicted octanol–water partition coefficient (Wildman–Crippen LogP) is 4.12. The first-order valence-corrected chi connectivity index (χ1v) is 9.35. The van der Waals surface area contributed by atoms with Crippen LogP contribution in [0.3, 0.4) is 0 Å². The van der Waals surface area contributed by atoms with Gasteiger partial charge >= 0.3 is 0 Å². The third-order valence-electron chi connectivity index (χ3n) is 4.95. The van der Waals surface area contributed by atoms with Gasteiger partial charge in [0.05, 0.1) is 12.3 Å². The second-order valence-corrected chi connectivity index (χ2v) is 6.84. The highest BCUT2D eigenvalue weighted by Crippen LogP contribution is 2.33. The van der Waals surface area contributed by atoms with Crippen molar-refractivity contribution in [1.82, 2.24) is 25.0 Å². The number of rotatable bonds is 5. The molecule has 140 valence electrons. The Hall–Kier alpha value is -3.32. The molecule has 3 aromatic heterocycles. The molecular weight excluding hydrogens is 354 g/mol. The van der Waals surface area contributed by atoms with Crippen molar-refractivity contribution in [3.63, 3.8) is 0 Å². The zero-order chi connectivity index (χ0) is 18.8. The fraction of sp³-hybridized carbons (Fsp3) is 0.238. The van der Waals surface area contributed by atoms with Crippen LogP contribution in [0.1, 0.15) is 30.3 Å². The second-order valence-electron chi connectivity index (χ2n) is 6.84. The average Bonchev–Trinajstić information content (AvgIpc) is 3.51. The maximum atomic E-state index is 5.59. The van der Waals surface area contributed by atoms with Gasteiger partial charge in [0.1, 0.15) is 0 Å². The van der Waals surface area contributed by atoms with Crippen molar-refractivity contribution < 1.29 is 8.94 Å². The van der Waals surface area contributed by atoms with E-state index in [1.165, 1.54) is 0 Å². The highest BCUT2D eigenvalue weighted by atomic mass is 16.5. The van der Waals surface area contributed by atoms with Crippen LogP contribution < -0.4 is 0 Å². The Bertz CT molecular complexity index is 1030. The average molecular weight is 373 g/mol. The first-order chi connectivity index (χ1) is 13.9. The van der Waals surface area contributed by atoms with Gasteiger partial charge in [-0.1, -0.05) is 35.5 Å². The Balaban J connectivity index is 1.31. The number of aromatic nitrogens is 4. The van der Waals surface area contributed by atoms with Crippen molar-refractivity contribution in [1.29, 1.82) is 0 Å². The summed E-state index contributed by atoms with van der Waals surface area (Å²) in [5, 5.41) is 4.16. The van der Waals surface area contributed by atoms with Gasteiger partial charge in [0, 0.05) is 30.1 Å². The van der Waals surface area contributed by atoms with Crippen LogP contribution in [-0.2, 0) is 6.54 Å².